The van der Waals surface area contributed by atoms with Crippen LogP contribution in [0.1, 0.15) is 5.56 Å². The normalized spacial score (nSPS) is 11.4. The molecule has 1 heterocycles. The van der Waals surface area contributed by atoms with Crippen LogP contribution in [-0.4, -0.2) is 26.5 Å². The highest BCUT2D eigenvalue weighted by Crippen LogP contribution is 2.30. The first-order chi connectivity index (χ1) is 13.2. The highest BCUT2D eigenvalue weighted by Gasteiger charge is 2.30. The van der Waals surface area contributed by atoms with Gasteiger partial charge in [0.05, 0.1) is 11.3 Å². The van der Waals surface area contributed by atoms with E-state index in [1.54, 1.807) is 24.3 Å². The maximum atomic E-state index is 12.7. The minimum absolute atomic E-state index is 0.0502. The molecule has 146 valence electrons. The van der Waals surface area contributed by atoms with Crippen LogP contribution in [0.2, 0.25) is 5.02 Å². The van der Waals surface area contributed by atoms with Gasteiger partial charge in [0, 0.05) is 16.3 Å². The number of benzene rings is 2. The quantitative estimate of drug-likeness (QED) is 0.473. The summed E-state index contributed by atoms with van der Waals surface area (Å²) in [4.78, 5) is 12.1. The Morgan fingerprint density at radius 1 is 1.18 bits per heavy atom. The largest absolute Gasteiger partial charge is 0.416 e. The van der Waals surface area contributed by atoms with Crippen LogP contribution in [0.5, 0.6) is 0 Å². The number of nitrogen functional groups attached to an aromatic ring is 1. The molecule has 0 fully saturated rings. The van der Waals surface area contributed by atoms with Gasteiger partial charge in [-0.3, -0.25) is 4.79 Å². The summed E-state index contributed by atoms with van der Waals surface area (Å²) in [7, 11) is 0. The van der Waals surface area contributed by atoms with Gasteiger partial charge in [-0.25, -0.2) is 4.68 Å². The zero-order valence-electron chi connectivity index (χ0n) is 14.1. The van der Waals surface area contributed by atoms with E-state index < -0.39 is 17.6 Å². The maximum Gasteiger partial charge on any atom is 0.416 e. The molecule has 0 aliphatic rings. The number of hydrogen-bond acceptors (Lipinski definition) is 5. The van der Waals surface area contributed by atoms with Crippen molar-refractivity contribution in [3.63, 3.8) is 0 Å². The molecule has 0 unspecified atom stereocenters. The molecule has 0 spiro atoms. The maximum absolute atomic E-state index is 12.7. The van der Waals surface area contributed by atoms with E-state index in [0.29, 0.717) is 16.4 Å². The molecule has 0 atom stereocenters. The average Bonchev–Trinajstić information content (AvgIpc) is 3.00. The van der Waals surface area contributed by atoms with E-state index in [1.807, 2.05) is 0 Å². The monoisotopic (exact) mass is 427 g/mol. The van der Waals surface area contributed by atoms with Gasteiger partial charge < -0.3 is 11.2 Å². The average molecular weight is 428 g/mol. The van der Waals surface area contributed by atoms with E-state index in [2.05, 4.69) is 15.5 Å². The third-order valence-corrected chi connectivity index (χ3v) is 4.73. The van der Waals surface area contributed by atoms with Gasteiger partial charge in [-0.15, -0.1) is 10.2 Å². The molecule has 3 aromatic rings. The highest BCUT2D eigenvalue weighted by molar-refractivity contribution is 7.99. The molecule has 6 nitrogen and oxygen atoms in total. The fourth-order valence-electron chi connectivity index (χ4n) is 2.30. The van der Waals surface area contributed by atoms with Crippen molar-refractivity contribution in [3.05, 3.63) is 59.1 Å². The predicted octanol–water partition coefficient (Wildman–Crippen LogP) is 4.06. The summed E-state index contributed by atoms with van der Waals surface area (Å²) in [5.74, 6) is 5.71. The van der Waals surface area contributed by atoms with Crippen LogP contribution in [0.25, 0.3) is 11.4 Å². The second-order valence-electron chi connectivity index (χ2n) is 5.60. The number of carbonyl (C=O) groups is 1. The Morgan fingerprint density at radius 2 is 1.93 bits per heavy atom. The van der Waals surface area contributed by atoms with E-state index in [-0.39, 0.29) is 16.6 Å². The number of rotatable bonds is 5. The molecule has 1 amide bonds. The van der Waals surface area contributed by atoms with E-state index >= 15 is 0 Å². The van der Waals surface area contributed by atoms with Gasteiger partial charge in [0.1, 0.15) is 0 Å². The van der Waals surface area contributed by atoms with Crippen molar-refractivity contribution in [1.82, 2.24) is 14.9 Å². The van der Waals surface area contributed by atoms with Gasteiger partial charge in [0.25, 0.3) is 0 Å². The second-order valence-corrected chi connectivity index (χ2v) is 6.98. The molecule has 3 N–H and O–H groups in total. The van der Waals surface area contributed by atoms with Crippen molar-refractivity contribution in [2.75, 3.05) is 16.9 Å². The molecule has 0 saturated heterocycles. The molecule has 0 aliphatic carbocycles. The fraction of sp³-hybridized carbons (Fsp3) is 0.118. The molecule has 28 heavy (non-hydrogen) atoms. The molecule has 0 bridgehead atoms. The summed E-state index contributed by atoms with van der Waals surface area (Å²) >= 11 is 6.95. The minimum atomic E-state index is -4.48. The van der Waals surface area contributed by atoms with Gasteiger partial charge in [0.2, 0.25) is 11.1 Å². The summed E-state index contributed by atoms with van der Waals surface area (Å²) < 4.78 is 39.4. The van der Waals surface area contributed by atoms with Crippen LogP contribution < -0.4 is 11.2 Å². The molecular weight excluding hydrogens is 415 g/mol. The fourth-order valence-corrected chi connectivity index (χ4v) is 3.15. The number of aromatic nitrogens is 3. The summed E-state index contributed by atoms with van der Waals surface area (Å²) in [6.07, 6.45) is -4.48. The van der Waals surface area contributed by atoms with Crippen LogP contribution in [0.3, 0.4) is 0 Å². The van der Waals surface area contributed by atoms with E-state index in [1.165, 1.54) is 16.8 Å². The highest BCUT2D eigenvalue weighted by atomic mass is 35.5. The zero-order chi connectivity index (χ0) is 20.3. The van der Waals surface area contributed by atoms with E-state index in [4.69, 9.17) is 17.4 Å². The number of nitrogens with two attached hydrogens (primary N) is 1. The Labute approximate surface area is 166 Å². The summed E-state index contributed by atoms with van der Waals surface area (Å²) in [6, 6.07) is 11.3. The third kappa shape index (κ3) is 4.76. The van der Waals surface area contributed by atoms with Crippen LogP contribution >= 0.6 is 23.4 Å². The van der Waals surface area contributed by atoms with Gasteiger partial charge in [-0.1, -0.05) is 41.6 Å². The van der Waals surface area contributed by atoms with Crippen molar-refractivity contribution in [1.29, 1.82) is 0 Å². The van der Waals surface area contributed by atoms with Crippen LogP contribution in [-0.2, 0) is 11.0 Å². The van der Waals surface area contributed by atoms with Crippen molar-refractivity contribution in [3.8, 4) is 11.4 Å². The predicted molar refractivity (Wildman–Crippen MR) is 101 cm³/mol. The number of alkyl halides is 3. The minimum Gasteiger partial charge on any atom is -0.335 e. The molecule has 1 aromatic heterocycles. The Balaban J connectivity index is 1.64. The lowest BCUT2D eigenvalue weighted by molar-refractivity contribution is -0.137. The number of amides is 1. The molecule has 0 saturated carbocycles. The molecular formula is C17H13ClF3N5OS. The first-order valence-electron chi connectivity index (χ1n) is 7.80. The number of hydrogen-bond donors (Lipinski definition) is 2. The van der Waals surface area contributed by atoms with Gasteiger partial charge >= 0.3 is 6.18 Å². The lowest BCUT2D eigenvalue weighted by Crippen LogP contribution is -2.17. The SMILES string of the molecule is Nn1c(SCC(=O)Nc2cccc(C(F)(F)F)c2)nnc1-c1cccc(Cl)c1. The summed E-state index contributed by atoms with van der Waals surface area (Å²) in [6.45, 7) is 0. The van der Waals surface area contributed by atoms with E-state index in [9.17, 15) is 18.0 Å². The number of halogens is 4. The standard InChI is InChI=1S/C17H13ClF3N5OS/c18-12-5-1-3-10(7-12)15-24-25-16(26(15)22)28-9-14(27)23-13-6-2-4-11(8-13)17(19,20)21/h1-8H,9,22H2,(H,23,27). The number of carbonyl (C=O) groups excluding carboxylic acids is 1. The van der Waals surface area contributed by atoms with Gasteiger partial charge in [0.15, 0.2) is 5.82 Å². The summed E-state index contributed by atoms with van der Waals surface area (Å²) in [5, 5.41) is 11.1. The smallest absolute Gasteiger partial charge is 0.335 e. The molecule has 2 aromatic carbocycles. The van der Waals surface area contributed by atoms with Crippen LogP contribution in [0.4, 0.5) is 18.9 Å². The van der Waals surface area contributed by atoms with Crippen molar-refractivity contribution >= 4 is 35.0 Å². The number of nitrogens with one attached hydrogen (secondary N) is 1. The Kier molecular flexibility index (Phi) is 5.80. The zero-order valence-corrected chi connectivity index (χ0v) is 15.6. The van der Waals surface area contributed by atoms with Crippen molar-refractivity contribution < 1.29 is 18.0 Å². The first kappa shape index (κ1) is 20.0. The van der Waals surface area contributed by atoms with Crippen LogP contribution in [0, 0.1) is 0 Å². The number of nitrogens with zero attached hydrogens (tertiary/aromatic N) is 3. The van der Waals surface area contributed by atoms with E-state index in [0.717, 1.165) is 23.9 Å². The van der Waals surface area contributed by atoms with Crippen molar-refractivity contribution in [2.45, 2.75) is 11.3 Å². The molecule has 11 heteroatoms. The lowest BCUT2D eigenvalue weighted by Gasteiger charge is -2.09. The molecule has 0 aliphatic heterocycles. The number of anilines is 1. The van der Waals surface area contributed by atoms with Gasteiger partial charge in [-0.05, 0) is 30.3 Å². The second kappa shape index (κ2) is 8.11. The van der Waals surface area contributed by atoms with Gasteiger partial charge in [-0.2, -0.15) is 13.2 Å². The first-order valence-corrected chi connectivity index (χ1v) is 9.17. The Hall–Kier alpha value is -2.72. The topological polar surface area (TPSA) is 85.8 Å². The summed E-state index contributed by atoms with van der Waals surface area (Å²) in [5.41, 5.74) is -0.136. The number of thioether (sulfide) groups is 1. The Bertz CT molecular complexity index is 1010. The Morgan fingerprint density at radius 3 is 2.64 bits per heavy atom. The lowest BCUT2D eigenvalue weighted by atomic mass is 10.2. The van der Waals surface area contributed by atoms with Crippen LogP contribution in [0.15, 0.2) is 53.7 Å². The molecule has 3 rings (SSSR count). The van der Waals surface area contributed by atoms with Crippen molar-refractivity contribution in [2.24, 2.45) is 0 Å². The third-order valence-electron chi connectivity index (χ3n) is 3.55. The molecule has 0 radical (unpaired) electrons.